The van der Waals surface area contributed by atoms with E-state index in [-0.39, 0.29) is 35.6 Å². The summed E-state index contributed by atoms with van der Waals surface area (Å²) in [5.74, 6) is -0.717. The maximum Gasteiger partial charge on any atom is 0.232 e. The van der Waals surface area contributed by atoms with Crippen LogP contribution < -0.4 is 15.1 Å². The van der Waals surface area contributed by atoms with E-state index in [1.54, 1.807) is 19.5 Å². The molecule has 4 heterocycles. The number of ether oxygens (including phenoxy) is 3. The van der Waals surface area contributed by atoms with Gasteiger partial charge in [-0.1, -0.05) is 32.8 Å². The van der Waals surface area contributed by atoms with Gasteiger partial charge in [-0.3, -0.25) is 24.3 Å². The molecule has 2 saturated carbocycles. The number of rotatable bonds is 12. The molecule has 4 fully saturated rings. The third-order valence-corrected chi connectivity index (χ3v) is 11.5. The Morgan fingerprint density at radius 3 is 2.44 bits per heavy atom. The molecule has 4 atom stereocenters. The highest BCUT2D eigenvalue weighted by Gasteiger charge is 2.52. The van der Waals surface area contributed by atoms with Gasteiger partial charge in [-0.05, 0) is 101 Å². The lowest BCUT2D eigenvalue weighted by Crippen LogP contribution is -2.55. The summed E-state index contributed by atoms with van der Waals surface area (Å²) in [6, 6.07) is 10.3. The number of carbonyl (C=O) groups excluding carboxylic acids is 3. The SMILES string of the molecule is COCCCN1C(=O)C(C)(C)Cc2ccc(N(C(=O)[C@@H]3C[C@H](C(=O)NC4(c5ccncc5)CCCC4)CN(C4OC4OC(C)(C)C)C3)C3CC3)cc21. The number of likely N-dealkylation sites (tertiary alicyclic amines) is 1. The van der Waals surface area contributed by atoms with Gasteiger partial charge < -0.3 is 29.3 Å². The molecule has 282 valence electrons. The summed E-state index contributed by atoms with van der Waals surface area (Å²) in [5, 5.41) is 3.50. The van der Waals surface area contributed by atoms with Crippen LogP contribution in [0.1, 0.15) is 97.1 Å². The molecule has 11 heteroatoms. The van der Waals surface area contributed by atoms with Crippen molar-refractivity contribution in [2.45, 2.75) is 122 Å². The minimum Gasteiger partial charge on any atom is -0.385 e. The van der Waals surface area contributed by atoms with Gasteiger partial charge in [0.05, 0.1) is 23.0 Å². The lowest BCUT2D eigenvalue weighted by atomic mass is 9.80. The molecule has 2 saturated heterocycles. The molecule has 0 bridgehead atoms. The molecule has 52 heavy (non-hydrogen) atoms. The molecule has 0 radical (unpaired) electrons. The first-order chi connectivity index (χ1) is 24.8. The Labute approximate surface area is 308 Å². The van der Waals surface area contributed by atoms with Crippen LogP contribution in [0.3, 0.4) is 0 Å². The number of nitrogens with one attached hydrogen (secondary N) is 1. The fourth-order valence-electron chi connectivity index (χ4n) is 8.73. The summed E-state index contributed by atoms with van der Waals surface area (Å²) in [5.41, 5.74) is 2.56. The van der Waals surface area contributed by atoms with Crippen molar-refractivity contribution in [3.63, 3.8) is 0 Å². The van der Waals surface area contributed by atoms with Crippen LogP contribution in [0, 0.1) is 17.3 Å². The first-order valence-electron chi connectivity index (χ1n) is 19.4. The number of hydrogen-bond donors (Lipinski definition) is 1. The number of benzene rings is 1. The molecule has 2 unspecified atom stereocenters. The van der Waals surface area contributed by atoms with Crippen molar-refractivity contribution in [2.24, 2.45) is 17.3 Å². The number of fused-ring (bicyclic) bond motifs is 1. The highest BCUT2D eigenvalue weighted by atomic mass is 16.8. The second-order valence-electron chi connectivity index (χ2n) is 17.3. The molecule has 2 aromatic rings. The van der Waals surface area contributed by atoms with Gasteiger partial charge in [-0.2, -0.15) is 0 Å². The molecular formula is C41H57N5O6. The number of carbonyl (C=O) groups is 3. The molecule has 1 aromatic heterocycles. The molecule has 0 spiro atoms. The molecule has 11 nitrogen and oxygen atoms in total. The number of aromatic nitrogens is 1. The quantitative estimate of drug-likeness (QED) is 0.225. The Balaban J connectivity index is 1.16. The lowest BCUT2D eigenvalue weighted by Gasteiger charge is -2.41. The van der Waals surface area contributed by atoms with Crippen LogP contribution in [-0.2, 0) is 40.6 Å². The average molecular weight is 716 g/mol. The molecule has 5 aliphatic rings. The van der Waals surface area contributed by atoms with Gasteiger partial charge in [-0.25, -0.2) is 0 Å². The largest absolute Gasteiger partial charge is 0.385 e. The number of piperidine rings is 1. The van der Waals surface area contributed by atoms with Gasteiger partial charge in [0, 0.05) is 68.6 Å². The summed E-state index contributed by atoms with van der Waals surface area (Å²) >= 11 is 0. The molecule has 7 rings (SSSR count). The maximum atomic E-state index is 14.9. The molecule has 2 aliphatic carbocycles. The average Bonchev–Trinajstić information content (AvgIpc) is 4.04. The summed E-state index contributed by atoms with van der Waals surface area (Å²) in [6.45, 7) is 12.1. The van der Waals surface area contributed by atoms with Crippen molar-refractivity contribution >= 4 is 29.1 Å². The van der Waals surface area contributed by atoms with Crippen LogP contribution in [0.4, 0.5) is 11.4 Å². The number of amides is 3. The van der Waals surface area contributed by atoms with E-state index in [9.17, 15) is 14.4 Å². The van der Waals surface area contributed by atoms with Gasteiger partial charge in [0.1, 0.15) is 0 Å². The highest BCUT2D eigenvalue weighted by molar-refractivity contribution is 6.02. The van der Waals surface area contributed by atoms with Crippen molar-refractivity contribution in [1.29, 1.82) is 0 Å². The fraction of sp³-hybridized carbons (Fsp3) is 0.659. The highest BCUT2D eigenvalue weighted by Crippen LogP contribution is 2.44. The van der Waals surface area contributed by atoms with Crippen molar-refractivity contribution in [2.75, 3.05) is 43.2 Å². The second-order valence-corrected chi connectivity index (χ2v) is 17.3. The van der Waals surface area contributed by atoms with E-state index in [4.69, 9.17) is 14.2 Å². The van der Waals surface area contributed by atoms with Gasteiger partial charge in [-0.15, -0.1) is 0 Å². The van der Waals surface area contributed by atoms with Gasteiger partial charge in [0.25, 0.3) is 0 Å². The van der Waals surface area contributed by atoms with E-state index in [0.717, 1.165) is 67.4 Å². The first kappa shape index (κ1) is 37.0. The molecule has 3 amide bonds. The summed E-state index contributed by atoms with van der Waals surface area (Å²) in [6.07, 6.45) is 10.4. The van der Waals surface area contributed by atoms with Gasteiger partial charge >= 0.3 is 0 Å². The minimum absolute atomic E-state index is 0.0188. The van der Waals surface area contributed by atoms with Crippen molar-refractivity contribution in [1.82, 2.24) is 15.2 Å². The standard InChI is InChI=1S/C41H57N5O6/c1-39(2,3)52-37-36(51-37)44-25-28(34(47)43-41(16-7-8-17-41)30-14-18-42-19-15-30)22-29(26-44)35(48)46(31-12-13-31)32-11-10-27-24-40(4,5)38(49)45(33(27)23-32)20-9-21-50-6/h10-11,14-15,18-19,23,28-29,31,36-37H,7-9,12-13,16-17,20-22,24-26H2,1-6H3,(H,43,47)/t28-,29+,36?,37?/m0/s1. The fourth-order valence-corrected chi connectivity index (χ4v) is 8.73. The Morgan fingerprint density at radius 1 is 1.06 bits per heavy atom. The monoisotopic (exact) mass is 715 g/mol. The van der Waals surface area contributed by atoms with E-state index in [1.807, 2.05) is 62.6 Å². The Kier molecular flexibility index (Phi) is 10.3. The smallest absolute Gasteiger partial charge is 0.232 e. The molecule has 1 aromatic carbocycles. The van der Waals surface area contributed by atoms with Crippen LogP contribution in [-0.4, -0.2) is 85.1 Å². The van der Waals surface area contributed by atoms with Gasteiger partial charge in [0.2, 0.25) is 17.7 Å². The third-order valence-electron chi connectivity index (χ3n) is 11.5. The van der Waals surface area contributed by atoms with Crippen molar-refractivity contribution in [3.8, 4) is 0 Å². The van der Waals surface area contributed by atoms with E-state index in [0.29, 0.717) is 39.1 Å². The molecule has 3 aliphatic heterocycles. The predicted octanol–water partition coefficient (Wildman–Crippen LogP) is 5.55. The second kappa shape index (κ2) is 14.5. The number of nitrogens with zero attached hydrogens (tertiary/aromatic N) is 4. The minimum atomic E-state index is -0.511. The zero-order valence-corrected chi connectivity index (χ0v) is 31.9. The van der Waals surface area contributed by atoms with E-state index in [1.165, 1.54) is 0 Å². The normalized spacial score (nSPS) is 26.9. The zero-order valence-electron chi connectivity index (χ0n) is 31.9. The van der Waals surface area contributed by atoms with Crippen LogP contribution in [0.5, 0.6) is 0 Å². The maximum absolute atomic E-state index is 14.9. The Bertz CT molecular complexity index is 1630. The van der Waals surface area contributed by atoms with Crippen LogP contribution in [0.2, 0.25) is 0 Å². The summed E-state index contributed by atoms with van der Waals surface area (Å²) < 4.78 is 17.5. The topological polar surface area (TPSA) is 117 Å². The van der Waals surface area contributed by atoms with Crippen LogP contribution in [0.15, 0.2) is 42.7 Å². The Morgan fingerprint density at radius 2 is 1.77 bits per heavy atom. The number of methoxy groups -OCH3 is 1. The van der Waals surface area contributed by atoms with Crippen molar-refractivity contribution < 1.29 is 28.6 Å². The summed E-state index contributed by atoms with van der Waals surface area (Å²) in [7, 11) is 1.68. The summed E-state index contributed by atoms with van der Waals surface area (Å²) in [4.78, 5) is 53.2. The number of hydrogen-bond acceptors (Lipinski definition) is 8. The lowest BCUT2D eigenvalue weighted by molar-refractivity contribution is -0.133. The zero-order chi connectivity index (χ0) is 36.8. The van der Waals surface area contributed by atoms with Crippen molar-refractivity contribution in [3.05, 3.63) is 53.9 Å². The van der Waals surface area contributed by atoms with Gasteiger partial charge in [0.15, 0.2) is 12.5 Å². The molecule has 1 N–H and O–H groups in total. The van der Waals surface area contributed by atoms with Crippen LogP contribution in [0.25, 0.3) is 0 Å². The number of epoxide rings is 1. The first-order valence-corrected chi connectivity index (χ1v) is 19.4. The number of pyridine rings is 1. The van der Waals surface area contributed by atoms with E-state index >= 15 is 0 Å². The van der Waals surface area contributed by atoms with Crippen LogP contribution >= 0.6 is 0 Å². The number of anilines is 2. The predicted molar refractivity (Wildman–Crippen MR) is 198 cm³/mol. The Hall–Kier alpha value is -3.38. The van der Waals surface area contributed by atoms with E-state index in [2.05, 4.69) is 27.3 Å². The third kappa shape index (κ3) is 7.79. The van der Waals surface area contributed by atoms with E-state index < -0.39 is 29.1 Å². The molecular weight excluding hydrogens is 658 g/mol.